The van der Waals surface area contributed by atoms with E-state index in [1.54, 1.807) is 32.2 Å². The highest BCUT2D eigenvalue weighted by Gasteiger charge is 2.16. The molecule has 0 aliphatic heterocycles. The predicted molar refractivity (Wildman–Crippen MR) is 109 cm³/mol. The zero-order valence-corrected chi connectivity index (χ0v) is 16.8. The SMILES string of the molecule is COc1cc(Sc2cc(C#N)cc(C(F)F)c2C)ccc1OCc1ccccc1. The van der Waals surface area contributed by atoms with Crippen LogP contribution in [0.25, 0.3) is 0 Å². The number of ether oxygens (including phenoxy) is 2. The van der Waals surface area contributed by atoms with Gasteiger partial charge in [0.25, 0.3) is 6.43 Å². The van der Waals surface area contributed by atoms with Crippen LogP contribution >= 0.6 is 11.8 Å². The summed E-state index contributed by atoms with van der Waals surface area (Å²) in [5.41, 5.74) is 1.59. The molecule has 3 aromatic carbocycles. The van der Waals surface area contributed by atoms with Gasteiger partial charge in [0.2, 0.25) is 0 Å². The van der Waals surface area contributed by atoms with Gasteiger partial charge in [-0.1, -0.05) is 42.1 Å². The minimum absolute atomic E-state index is 0.124. The van der Waals surface area contributed by atoms with Crippen molar-refractivity contribution in [2.45, 2.75) is 29.7 Å². The highest BCUT2D eigenvalue weighted by atomic mass is 32.2. The highest BCUT2D eigenvalue weighted by Crippen LogP contribution is 2.39. The highest BCUT2D eigenvalue weighted by molar-refractivity contribution is 7.99. The zero-order valence-electron chi connectivity index (χ0n) is 16.0. The molecule has 0 aliphatic rings. The Bertz CT molecular complexity index is 1030. The molecule has 0 saturated heterocycles. The summed E-state index contributed by atoms with van der Waals surface area (Å²) < 4.78 is 37.9. The third-order valence-corrected chi connectivity index (χ3v) is 5.50. The van der Waals surface area contributed by atoms with Crippen molar-refractivity contribution in [3.63, 3.8) is 0 Å². The summed E-state index contributed by atoms with van der Waals surface area (Å²) in [6.45, 7) is 2.05. The van der Waals surface area contributed by atoms with Crippen LogP contribution < -0.4 is 9.47 Å². The number of nitriles is 1. The van der Waals surface area contributed by atoms with E-state index in [4.69, 9.17) is 14.7 Å². The van der Waals surface area contributed by atoms with Crippen molar-refractivity contribution < 1.29 is 18.3 Å². The van der Waals surface area contributed by atoms with Crippen LogP contribution in [0.1, 0.15) is 28.7 Å². The lowest BCUT2D eigenvalue weighted by molar-refractivity contribution is 0.150. The van der Waals surface area contributed by atoms with E-state index in [1.807, 2.05) is 42.5 Å². The van der Waals surface area contributed by atoms with Gasteiger partial charge in [0.05, 0.1) is 18.7 Å². The van der Waals surface area contributed by atoms with Crippen molar-refractivity contribution in [2.24, 2.45) is 0 Å². The maximum atomic E-state index is 13.3. The Kier molecular flexibility index (Phi) is 6.73. The summed E-state index contributed by atoms with van der Waals surface area (Å²) in [5.74, 6) is 1.14. The molecule has 3 rings (SSSR count). The van der Waals surface area contributed by atoms with E-state index in [0.717, 1.165) is 10.5 Å². The number of nitrogens with zero attached hydrogens (tertiary/aromatic N) is 1. The van der Waals surface area contributed by atoms with E-state index in [9.17, 15) is 8.78 Å². The third-order valence-electron chi connectivity index (χ3n) is 4.36. The van der Waals surface area contributed by atoms with Crippen molar-refractivity contribution >= 4 is 11.8 Å². The summed E-state index contributed by atoms with van der Waals surface area (Å²) in [4.78, 5) is 1.41. The molecule has 0 heterocycles. The van der Waals surface area contributed by atoms with E-state index >= 15 is 0 Å². The van der Waals surface area contributed by atoms with Crippen molar-refractivity contribution in [1.29, 1.82) is 5.26 Å². The standard InChI is InChI=1S/C23H19F2NO2S/c1-15-19(23(24)25)10-17(13-26)11-22(15)29-18-8-9-20(21(12-18)27-2)28-14-16-6-4-3-5-7-16/h3-12,23H,14H2,1-2H3. The second-order valence-electron chi connectivity index (χ2n) is 6.29. The number of hydrogen-bond donors (Lipinski definition) is 0. The van der Waals surface area contributed by atoms with Gasteiger partial charge in [-0.2, -0.15) is 5.26 Å². The normalized spacial score (nSPS) is 10.6. The first-order valence-corrected chi connectivity index (χ1v) is 9.69. The Morgan fingerprint density at radius 3 is 2.45 bits per heavy atom. The van der Waals surface area contributed by atoms with Crippen LogP contribution in [0.4, 0.5) is 8.78 Å². The van der Waals surface area contributed by atoms with Gasteiger partial charge in [0, 0.05) is 15.4 Å². The zero-order chi connectivity index (χ0) is 20.8. The smallest absolute Gasteiger partial charge is 0.264 e. The van der Waals surface area contributed by atoms with Gasteiger partial charge in [-0.05, 0) is 48.4 Å². The molecule has 29 heavy (non-hydrogen) atoms. The second kappa shape index (κ2) is 9.44. The first kappa shape index (κ1) is 20.7. The van der Waals surface area contributed by atoms with Crippen LogP contribution in [-0.4, -0.2) is 7.11 Å². The monoisotopic (exact) mass is 411 g/mol. The van der Waals surface area contributed by atoms with Crippen LogP contribution in [0.5, 0.6) is 11.5 Å². The van der Waals surface area contributed by atoms with Crippen LogP contribution in [0.2, 0.25) is 0 Å². The summed E-state index contributed by atoms with van der Waals surface area (Å²) in [7, 11) is 1.55. The van der Waals surface area contributed by atoms with Gasteiger partial charge in [-0.15, -0.1) is 0 Å². The number of methoxy groups -OCH3 is 1. The fourth-order valence-corrected chi connectivity index (χ4v) is 3.81. The first-order chi connectivity index (χ1) is 14.0. The van der Waals surface area contributed by atoms with Crippen molar-refractivity contribution in [2.75, 3.05) is 7.11 Å². The molecule has 0 spiro atoms. The maximum Gasteiger partial charge on any atom is 0.264 e. The fourth-order valence-electron chi connectivity index (χ4n) is 2.80. The molecule has 0 N–H and O–H groups in total. The van der Waals surface area contributed by atoms with Gasteiger partial charge in [-0.3, -0.25) is 0 Å². The lowest BCUT2D eigenvalue weighted by atomic mass is 10.1. The van der Waals surface area contributed by atoms with E-state index in [-0.39, 0.29) is 11.1 Å². The van der Waals surface area contributed by atoms with Crippen LogP contribution in [0.15, 0.2) is 70.5 Å². The quantitative estimate of drug-likeness (QED) is 0.442. The molecule has 3 aromatic rings. The summed E-state index contributed by atoms with van der Waals surface area (Å²) in [6, 6.07) is 20.0. The average molecular weight is 411 g/mol. The molecular weight excluding hydrogens is 392 g/mol. The van der Waals surface area contributed by atoms with Gasteiger partial charge in [0.1, 0.15) is 6.61 Å². The van der Waals surface area contributed by atoms with Crippen LogP contribution in [0.3, 0.4) is 0 Å². The summed E-state index contributed by atoms with van der Waals surface area (Å²) >= 11 is 1.31. The molecule has 0 aliphatic carbocycles. The molecule has 3 nitrogen and oxygen atoms in total. The number of hydrogen-bond acceptors (Lipinski definition) is 4. The van der Waals surface area contributed by atoms with E-state index < -0.39 is 6.43 Å². The van der Waals surface area contributed by atoms with Crippen molar-refractivity contribution in [3.8, 4) is 17.6 Å². The van der Waals surface area contributed by atoms with Crippen LogP contribution in [0, 0.1) is 18.3 Å². The molecule has 0 aromatic heterocycles. The Hall–Kier alpha value is -3.04. The Balaban J connectivity index is 1.84. The van der Waals surface area contributed by atoms with Crippen molar-refractivity contribution in [3.05, 3.63) is 82.9 Å². The number of rotatable bonds is 7. The van der Waals surface area contributed by atoms with E-state index in [1.165, 1.54) is 17.8 Å². The summed E-state index contributed by atoms with van der Waals surface area (Å²) in [5, 5.41) is 9.16. The Morgan fingerprint density at radius 1 is 1.03 bits per heavy atom. The maximum absolute atomic E-state index is 13.3. The van der Waals surface area contributed by atoms with Gasteiger partial charge in [0.15, 0.2) is 11.5 Å². The molecule has 0 unspecified atom stereocenters. The van der Waals surface area contributed by atoms with Gasteiger partial charge < -0.3 is 9.47 Å². The third kappa shape index (κ3) is 5.07. The fraction of sp³-hybridized carbons (Fsp3) is 0.174. The van der Waals surface area contributed by atoms with E-state index in [0.29, 0.717) is 28.6 Å². The average Bonchev–Trinajstić information content (AvgIpc) is 2.74. The Morgan fingerprint density at radius 2 is 1.79 bits per heavy atom. The summed E-state index contributed by atoms with van der Waals surface area (Å²) in [6.07, 6.45) is -2.63. The largest absolute Gasteiger partial charge is 0.493 e. The molecule has 0 amide bonds. The molecule has 6 heteroatoms. The lowest BCUT2D eigenvalue weighted by Crippen LogP contribution is -1.98. The molecule has 0 fully saturated rings. The van der Waals surface area contributed by atoms with Gasteiger partial charge >= 0.3 is 0 Å². The Labute approximate surface area is 172 Å². The topological polar surface area (TPSA) is 42.2 Å². The predicted octanol–water partition coefficient (Wildman–Crippen LogP) is 6.54. The molecule has 0 atom stereocenters. The number of alkyl halides is 2. The minimum atomic E-state index is -2.63. The molecule has 148 valence electrons. The second-order valence-corrected chi connectivity index (χ2v) is 7.41. The van der Waals surface area contributed by atoms with E-state index in [2.05, 4.69) is 0 Å². The molecular formula is C23H19F2NO2S. The first-order valence-electron chi connectivity index (χ1n) is 8.87. The molecule has 0 bridgehead atoms. The van der Waals surface area contributed by atoms with Gasteiger partial charge in [-0.25, -0.2) is 8.78 Å². The minimum Gasteiger partial charge on any atom is -0.493 e. The molecule has 0 saturated carbocycles. The molecule has 0 radical (unpaired) electrons. The van der Waals surface area contributed by atoms with Crippen molar-refractivity contribution in [1.82, 2.24) is 0 Å². The number of halogens is 2. The number of benzene rings is 3. The van der Waals surface area contributed by atoms with Crippen LogP contribution in [-0.2, 0) is 6.61 Å². The lowest BCUT2D eigenvalue weighted by Gasteiger charge is -2.14.